The van der Waals surface area contributed by atoms with Crippen LogP contribution in [-0.2, 0) is 6.42 Å². The summed E-state index contributed by atoms with van der Waals surface area (Å²) >= 11 is 0. The molecule has 0 aliphatic rings. The van der Waals surface area contributed by atoms with Crippen LogP contribution in [0.5, 0.6) is 0 Å². The molecule has 0 aliphatic heterocycles. The second-order valence-electron chi connectivity index (χ2n) is 4.47. The first kappa shape index (κ1) is 12.6. The van der Waals surface area contributed by atoms with E-state index in [-0.39, 0.29) is 0 Å². The summed E-state index contributed by atoms with van der Waals surface area (Å²) in [6.07, 6.45) is 0.912. The molecule has 94 valence electrons. The molecule has 0 unspecified atom stereocenters. The van der Waals surface area contributed by atoms with E-state index in [9.17, 15) is 0 Å². The second-order valence-corrected chi connectivity index (χ2v) is 4.47. The highest BCUT2D eigenvalue weighted by Gasteiger charge is 2.06. The summed E-state index contributed by atoms with van der Waals surface area (Å²) in [4.78, 5) is 9.11. The van der Waals surface area contributed by atoms with Gasteiger partial charge in [-0.05, 0) is 37.5 Å². The van der Waals surface area contributed by atoms with E-state index in [2.05, 4.69) is 54.3 Å². The Morgan fingerprint density at radius 3 is 2.44 bits per heavy atom. The van der Waals surface area contributed by atoms with E-state index in [1.54, 1.807) is 0 Å². The van der Waals surface area contributed by atoms with Gasteiger partial charge in [0.05, 0.1) is 0 Å². The SMILES string of the molecule is CCc1cc(NC)nc(-c2ccc(C)c(C)c2)n1. The maximum Gasteiger partial charge on any atom is 0.161 e. The summed E-state index contributed by atoms with van der Waals surface area (Å²) in [6.45, 7) is 6.33. The maximum absolute atomic E-state index is 4.59. The van der Waals surface area contributed by atoms with Crippen LogP contribution in [0.2, 0.25) is 0 Å². The minimum Gasteiger partial charge on any atom is -0.373 e. The van der Waals surface area contributed by atoms with Gasteiger partial charge in [-0.1, -0.05) is 19.1 Å². The highest BCUT2D eigenvalue weighted by molar-refractivity contribution is 5.59. The molecule has 0 saturated heterocycles. The van der Waals surface area contributed by atoms with Crippen molar-refractivity contribution in [2.75, 3.05) is 12.4 Å². The Hall–Kier alpha value is -1.90. The van der Waals surface area contributed by atoms with Crippen LogP contribution in [0.25, 0.3) is 11.4 Å². The van der Waals surface area contributed by atoms with Crippen molar-refractivity contribution in [2.24, 2.45) is 0 Å². The van der Waals surface area contributed by atoms with Crippen LogP contribution in [0.3, 0.4) is 0 Å². The zero-order valence-corrected chi connectivity index (χ0v) is 11.4. The monoisotopic (exact) mass is 241 g/mol. The summed E-state index contributed by atoms with van der Waals surface area (Å²) in [5.41, 5.74) is 4.69. The number of benzene rings is 1. The molecule has 1 heterocycles. The summed E-state index contributed by atoms with van der Waals surface area (Å²) in [6, 6.07) is 8.33. The molecule has 1 N–H and O–H groups in total. The van der Waals surface area contributed by atoms with Gasteiger partial charge in [0.1, 0.15) is 5.82 Å². The van der Waals surface area contributed by atoms with E-state index < -0.39 is 0 Å². The molecule has 18 heavy (non-hydrogen) atoms. The van der Waals surface area contributed by atoms with Gasteiger partial charge in [0.15, 0.2) is 5.82 Å². The van der Waals surface area contributed by atoms with Crippen molar-refractivity contribution in [3.05, 3.63) is 41.1 Å². The number of nitrogens with zero attached hydrogens (tertiary/aromatic N) is 2. The molecule has 0 saturated carbocycles. The van der Waals surface area contributed by atoms with Crippen LogP contribution in [0.15, 0.2) is 24.3 Å². The first-order valence-corrected chi connectivity index (χ1v) is 6.27. The van der Waals surface area contributed by atoms with Gasteiger partial charge in [0.2, 0.25) is 0 Å². The van der Waals surface area contributed by atoms with E-state index in [1.165, 1.54) is 11.1 Å². The summed E-state index contributed by atoms with van der Waals surface area (Å²) in [5, 5.41) is 3.09. The van der Waals surface area contributed by atoms with Crippen molar-refractivity contribution in [1.82, 2.24) is 9.97 Å². The standard InChI is InChI=1S/C15H19N3/c1-5-13-9-14(16-4)18-15(17-13)12-7-6-10(2)11(3)8-12/h6-9H,5H2,1-4H3,(H,16,17,18). The third-order valence-electron chi connectivity index (χ3n) is 3.16. The van der Waals surface area contributed by atoms with Crippen LogP contribution in [0, 0.1) is 13.8 Å². The van der Waals surface area contributed by atoms with E-state index in [4.69, 9.17) is 0 Å². The van der Waals surface area contributed by atoms with Crippen LogP contribution in [-0.4, -0.2) is 17.0 Å². The van der Waals surface area contributed by atoms with Gasteiger partial charge >= 0.3 is 0 Å². The highest BCUT2D eigenvalue weighted by atomic mass is 15.0. The smallest absolute Gasteiger partial charge is 0.161 e. The average molecular weight is 241 g/mol. The van der Waals surface area contributed by atoms with Crippen molar-refractivity contribution in [2.45, 2.75) is 27.2 Å². The topological polar surface area (TPSA) is 37.8 Å². The van der Waals surface area contributed by atoms with Crippen molar-refractivity contribution in [3.63, 3.8) is 0 Å². The molecule has 1 aromatic heterocycles. The minimum atomic E-state index is 0.793. The third-order valence-corrected chi connectivity index (χ3v) is 3.16. The maximum atomic E-state index is 4.59. The van der Waals surface area contributed by atoms with Crippen molar-refractivity contribution >= 4 is 5.82 Å². The molecule has 0 bridgehead atoms. The number of aryl methyl sites for hydroxylation is 3. The summed E-state index contributed by atoms with van der Waals surface area (Å²) in [5.74, 6) is 1.66. The fourth-order valence-corrected chi connectivity index (χ4v) is 1.82. The second kappa shape index (κ2) is 5.17. The normalized spacial score (nSPS) is 10.4. The molecule has 0 fully saturated rings. The zero-order chi connectivity index (χ0) is 13.1. The van der Waals surface area contributed by atoms with Crippen LogP contribution in [0.4, 0.5) is 5.82 Å². The lowest BCUT2D eigenvalue weighted by molar-refractivity contribution is 1.00. The van der Waals surface area contributed by atoms with E-state index in [0.717, 1.165) is 29.3 Å². The lowest BCUT2D eigenvalue weighted by Crippen LogP contribution is -2.00. The molecule has 2 rings (SSSR count). The number of rotatable bonds is 3. The number of hydrogen-bond acceptors (Lipinski definition) is 3. The minimum absolute atomic E-state index is 0.793. The van der Waals surface area contributed by atoms with Crippen LogP contribution < -0.4 is 5.32 Å². The molecular formula is C15H19N3. The Kier molecular flexibility index (Phi) is 3.60. The van der Waals surface area contributed by atoms with Gasteiger partial charge in [-0.3, -0.25) is 0 Å². The Bertz CT molecular complexity index is 539. The molecule has 0 atom stereocenters. The van der Waals surface area contributed by atoms with Gasteiger partial charge < -0.3 is 5.32 Å². The van der Waals surface area contributed by atoms with Gasteiger partial charge in [-0.2, -0.15) is 0 Å². The van der Waals surface area contributed by atoms with E-state index >= 15 is 0 Å². The average Bonchev–Trinajstić information content (AvgIpc) is 2.41. The molecule has 0 spiro atoms. The third kappa shape index (κ3) is 2.50. The molecule has 3 heteroatoms. The predicted octanol–water partition coefficient (Wildman–Crippen LogP) is 3.36. The van der Waals surface area contributed by atoms with Crippen molar-refractivity contribution < 1.29 is 0 Å². The van der Waals surface area contributed by atoms with Gasteiger partial charge in [-0.15, -0.1) is 0 Å². The van der Waals surface area contributed by atoms with Crippen molar-refractivity contribution in [1.29, 1.82) is 0 Å². The molecular weight excluding hydrogens is 222 g/mol. The lowest BCUT2D eigenvalue weighted by Gasteiger charge is -2.08. The number of anilines is 1. The van der Waals surface area contributed by atoms with E-state index in [1.807, 2.05) is 13.1 Å². The zero-order valence-electron chi connectivity index (χ0n) is 11.4. The number of nitrogens with one attached hydrogen (secondary N) is 1. The fraction of sp³-hybridized carbons (Fsp3) is 0.333. The number of aromatic nitrogens is 2. The Balaban J connectivity index is 2.51. The largest absolute Gasteiger partial charge is 0.373 e. The van der Waals surface area contributed by atoms with Crippen LogP contribution in [0.1, 0.15) is 23.7 Å². The van der Waals surface area contributed by atoms with Gasteiger partial charge in [-0.25, -0.2) is 9.97 Å². The summed E-state index contributed by atoms with van der Waals surface area (Å²) < 4.78 is 0. The number of hydrogen-bond donors (Lipinski definition) is 1. The Morgan fingerprint density at radius 1 is 1.06 bits per heavy atom. The van der Waals surface area contributed by atoms with Gasteiger partial charge in [0, 0.05) is 24.4 Å². The summed E-state index contributed by atoms with van der Waals surface area (Å²) in [7, 11) is 1.88. The first-order valence-electron chi connectivity index (χ1n) is 6.27. The van der Waals surface area contributed by atoms with E-state index in [0.29, 0.717) is 0 Å². The predicted molar refractivity (Wildman–Crippen MR) is 75.9 cm³/mol. The first-order chi connectivity index (χ1) is 8.63. The molecule has 0 radical (unpaired) electrons. The fourth-order valence-electron chi connectivity index (χ4n) is 1.82. The molecule has 1 aromatic carbocycles. The highest BCUT2D eigenvalue weighted by Crippen LogP contribution is 2.21. The molecule has 0 amide bonds. The Labute approximate surface area is 108 Å². The molecule has 3 nitrogen and oxygen atoms in total. The van der Waals surface area contributed by atoms with Gasteiger partial charge in [0.25, 0.3) is 0 Å². The quantitative estimate of drug-likeness (QED) is 0.895. The van der Waals surface area contributed by atoms with Crippen LogP contribution >= 0.6 is 0 Å². The lowest BCUT2D eigenvalue weighted by atomic mass is 10.1. The Morgan fingerprint density at radius 2 is 1.83 bits per heavy atom. The molecule has 0 aliphatic carbocycles. The van der Waals surface area contributed by atoms with Crippen molar-refractivity contribution in [3.8, 4) is 11.4 Å². The molecule has 2 aromatic rings.